The molecule has 0 unspecified atom stereocenters. The topological polar surface area (TPSA) is 92.3 Å². The number of hydrogen-bond donors (Lipinski definition) is 1. The highest BCUT2D eigenvalue weighted by Crippen LogP contribution is 2.30. The van der Waals surface area contributed by atoms with E-state index in [0.717, 1.165) is 29.7 Å². The maximum atomic E-state index is 12.8. The van der Waals surface area contributed by atoms with Crippen LogP contribution in [-0.2, 0) is 16.4 Å². The number of aromatic nitrogens is 2. The van der Waals surface area contributed by atoms with Crippen LogP contribution in [0.2, 0.25) is 0 Å². The Hall–Kier alpha value is -3.26. The van der Waals surface area contributed by atoms with Gasteiger partial charge >= 0.3 is 0 Å². The molecule has 0 fully saturated rings. The fourth-order valence-corrected chi connectivity index (χ4v) is 4.62. The number of hydrogen-bond acceptors (Lipinski definition) is 5. The lowest BCUT2D eigenvalue weighted by atomic mass is 10.0. The van der Waals surface area contributed by atoms with Crippen molar-refractivity contribution in [1.29, 1.82) is 0 Å². The Morgan fingerprint density at radius 3 is 2.73 bits per heavy atom. The third kappa shape index (κ3) is 4.18. The largest absolute Gasteiger partial charge is 0.322 e. The molecule has 0 spiro atoms. The van der Waals surface area contributed by atoms with E-state index in [9.17, 15) is 13.2 Å². The van der Waals surface area contributed by atoms with Crippen LogP contribution in [0.15, 0.2) is 54.7 Å². The number of nitrogens with one attached hydrogen (secondary N) is 1. The van der Waals surface area contributed by atoms with Gasteiger partial charge in [-0.15, -0.1) is 0 Å². The molecule has 154 valence electrons. The van der Waals surface area contributed by atoms with E-state index in [4.69, 9.17) is 0 Å². The Bertz CT molecular complexity index is 1220. The summed E-state index contributed by atoms with van der Waals surface area (Å²) in [5.41, 5.74) is 4.34. The minimum absolute atomic E-state index is 0.245. The summed E-state index contributed by atoms with van der Waals surface area (Å²) in [5.74, 6) is 0.435. The molecule has 2 aromatic carbocycles. The predicted octanol–water partition coefficient (Wildman–Crippen LogP) is 3.42. The summed E-state index contributed by atoms with van der Waals surface area (Å²) >= 11 is 0. The number of aryl methyl sites for hydroxylation is 2. The van der Waals surface area contributed by atoms with E-state index in [1.807, 2.05) is 37.3 Å². The van der Waals surface area contributed by atoms with Gasteiger partial charge in [0.05, 0.1) is 17.6 Å². The molecule has 30 heavy (non-hydrogen) atoms. The molecule has 1 amide bonds. The molecular formula is C22H22N4O3S. The summed E-state index contributed by atoms with van der Waals surface area (Å²) in [6, 6.07) is 14.4. The number of amides is 1. The van der Waals surface area contributed by atoms with Gasteiger partial charge in [0.2, 0.25) is 10.0 Å². The van der Waals surface area contributed by atoms with Gasteiger partial charge in [-0.1, -0.05) is 12.1 Å². The number of sulfonamides is 1. The first-order valence-corrected chi connectivity index (χ1v) is 11.5. The van der Waals surface area contributed by atoms with Crippen molar-refractivity contribution in [1.82, 2.24) is 9.97 Å². The van der Waals surface area contributed by atoms with E-state index in [0.29, 0.717) is 29.3 Å². The van der Waals surface area contributed by atoms with Gasteiger partial charge in [-0.3, -0.25) is 9.10 Å². The molecule has 1 aromatic heterocycles. The maximum absolute atomic E-state index is 12.8. The van der Waals surface area contributed by atoms with Crippen molar-refractivity contribution in [2.24, 2.45) is 0 Å². The Morgan fingerprint density at radius 2 is 1.97 bits per heavy atom. The van der Waals surface area contributed by atoms with Gasteiger partial charge < -0.3 is 5.32 Å². The molecule has 3 aromatic rings. The third-order valence-electron chi connectivity index (χ3n) is 5.01. The van der Waals surface area contributed by atoms with Crippen molar-refractivity contribution in [2.75, 3.05) is 22.4 Å². The molecule has 1 aliphatic heterocycles. The fourth-order valence-electron chi connectivity index (χ4n) is 3.62. The number of benzene rings is 2. The molecular weight excluding hydrogens is 400 g/mol. The van der Waals surface area contributed by atoms with Crippen LogP contribution in [0.3, 0.4) is 0 Å². The molecule has 0 aliphatic carbocycles. The molecule has 1 aliphatic rings. The first-order valence-electron chi connectivity index (χ1n) is 9.63. The number of nitrogens with zero attached hydrogens (tertiary/aromatic N) is 3. The van der Waals surface area contributed by atoms with Crippen LogP contribution < -0.4 is 9.62 Å². The molecule has 4 rings (SSSR count). The number of carbonyl (C=O) groups is 1. The first-order chi connectivity index (χ1) is 14.3. The SMILES string of the molecule is Cc1nccc(-c2cccc(NC(=O)c3ccc4c(c3)CCCN4S(C)(=O)=O)c2)n1. The second-order valence-electron chi connectivity index (χ2n) is 7.31. The van der Waals surface area contributed by atoms with Crippen molar-refractivity contribution < 1.29 is 13.2 Å². The zero-order valence-corrected chi connectivity index (χ0v) is 17.6. The third-order valence-corrected chi connectivity index (χ3v) is 6.19. The summed E-state index contributed by atoms with van der Waals surface area (Å²) in [4.78, 5) is 21.3. The zero-order valence-electron chi connectivity index (χ0n) is 16.8. The highest BCUT2D eigenvalue weighted by Gasteiger charge is 2.24. The summed E-state index contributed by atoms with van der Waals surface area (Å²) in [7, 11) is -3.33. The van der Waals surface area contributed by atoms with E-state index in [-0.39, 0.29) is 5.91 Å². The van der Waals surface area contributed by atoms with Crippen molar-refractivity contribution >= 4 is 27.3 Å². The van der Waals surface area contributed by atoms with Gasteiger partial charge in [0.1, 0.15) is 5.82 Å². The fraction of sp³-hybridized carbons (Fsp3) is 0.227. The lowest BCUT2D eigenvalue weighted by Crippen LogP contribution is -2.34. The van der Waals surface area contributed by atoms with Gasteiger partial charge in [0.25, 0.3) is 5.91 Å². The van der Waals surface area contributed by atoms with Gasteiger partial charge in [-0.25, -0.2) is 18.4 Å². The predicted molar refractivity (Wildman–Crippen MR) is 117 cm³/mol. The van der Waals surface area contributed by atoms with E-state index in [1.165, 1.54) is 10.6 Å². The van der Waals surface area contributed by atoms with E-state index in [1.54, 1.807) is 24.4 Å². The standard InChI is InChI=1S/C22H22N4O3S/c1-15-23-11-10-20(24-15)16-5-3-7-19(14-16)25-22(27)18-8-9-21-17(13-18)6-4-12-26(21)30(2,28)29/h3,5,7-11,13-14H,4,6,12H2,1-2H3,(H,25,27). The van der Waals surface area contributed by atoms with Crippen LogP contribution in [-0.4, -0.2) is 37.1 Å². The molecule has 0 saturated carbocycles. The van der Waals surface area contributed by atoms with E-state index < -0.39 is 10.0 Å². The second-order valence-corrected chi connectivity index (χ2v) is 9.21. The van der Waals surface area contributed by atoms with Crippen LogP contribution >= 0.6 is 0 Å². The molecule has 0 atom stereocenters. The molecule has 0 radical (unpaired) electrons. The maximum Gasteiger partial charge on any atom is 0.255 e. The Labute approximate surface area is 175 Å². The normalized spacial score (nSPS) is 13.6. The van der Waals surface area contributed by atoms with Gasteiger partial charge in [-0.2, -0.15) is 0 Å². The van der Waals surface area contributed by atoms with Crippen LogP contribution in [0.25, 0.3) is 11.3 Å². The summed E-state index contributed by atoms with van der Waals surface area (Å²) in [5, 5.41) is 2.92. The van der Waals surface area contributed by atoms with Crippen molar-refractivity contribution in [3.63, 3.8) is 0 Å². The van der Waals surface area contributed by atoms with Crippen molar-refractivity contribution in [3.8, 4) is 11.3 Å². The number of anilines is 2. The monoisotopic (exact) mass is 422 g/mol. The number of rotatable bonds is 4. The van der Waals surface area contributed by atoms with Crippen LogP contribution in [0, 0.1) is 6.92 Å². The molecule has 1 N–H and O–H groups in total. The van der Waals surface area contributed by atoms with E-state index in [2.05, 4.69) is 15.3 Å². The Balaban J connectivity index is 1.57. The van der Waals surface area contributed by atoms with Gasteiger partial charge in [0, 0.05) is 29.6 Å². The average molecular weight is 423 g/mol. The van der Waals surface area contributed by atoms with Gasteiger partial charge in [-0.05, 0) is 61.7 Å². The highest BCUT2D eigenvalue weighted by atomic mass is 32.2. The summed E-state index contributed by atoms with van der Waals surface area (Å²) in [6.45, 7) is 2.29. The molecule has 7 nitrogen and oxygen atoms in total. The number of fused-ring (bicyclic) bond motifs is 1. The van der Waals surface area contributed by atoms with Crippen molar-refractivity contribution in [3.05, 3.63) is 71.7 Å². The highest BCUT2D eigenvalue weighted by molar-refractivity contribution is 7.92. The quantitative estimate of drug-likeness (QED) is 0.696. The summed E-state index contributed by atoms with van der Waals surface area (Å²) in [6.07, 6.45) is 4.38. The zero-order chi connectivity index (χ0) is 21.3. The average Bonchev–Trinajstić information content (AvgIpc) is 2.72. The molecule has 0 saturated heterocycles. The van der Waals surface area contributed by atoms with E-state index >= 15 is 0 Å². The smallest absolute Gasteiger partial charge is 0.255 e. The minimum atomic E-state index is -3.33. The minimum Gasteiger partial charge on any atom is -0.322 e. The van der Waals surface area contributed by atoms with Crippen LogP contribution in [0.4, 0.5) is 11.4 Å². The van der Waals surface area contributed by atoms with Crippen LogP contribution in [0.5, 0.6) is 0 Å². The molecule has 0 bridgehead atoms. The van der Waals surface area contributed by atoms with Gasteiger partial charge in [0.15, 0.2) is 0 Å². The van der Waals surface area contributed by atoms with Crippen molar-refractivity contribution in [2.45, 2.75) is 19.8 Å². The Morgan fingerprint density at radius 1 is 1.13 bits per heavy atom. The second kappa shape index (κ2) is 7.87. The summed E-state index contributed by atoms with van der Waals surface area (Å²) < 4.78 is 25.4. The molecule has 8 heteroatoms. The lowest BCUT2D eigenvalue weighted by molar-refractivity contribution is 0.102. The molecule has 2 heterocycles. The number of carbonyl (C=O) groups excluding carboxylic acids is 1. The first kappa shape index (κ1) is 20.0. The van der Waals surface area contributed by atoms with Crippen LogP contribution in [0.1, 0.15) is 28.2 Å². The lowest BCUT2D eigenvalue weighted by Gasteiger charge is -2.29. The Kier molecular flexibility index (Phi) is 5.26.